The molecule has 3 nitrogen and oxygen atoms in total. The zero-order valence-corrected chi connectivity index (χ0v) is 11.3. The summed E-state index contributed by atoms with van der Waals surface area (Å²) < 4.78 is 8.10. The minimum absolute atomic E-state index is 0.0841. The van der Waals surface area contributed by atoms with Crippen molar-refractivity contribution < 1.29 is 4.74 Å². The molecule has 2 N–H and O–H groups in total. The molecule has 100 valence electrons. The number of benzene rings is 1. The first-order valence-corrected chi connectivity index (χ1v) is 6.84. The zero-order chi connectivity index (χ0) is 13.2. The highest BCUT2D eigenvalue weighted by Crippen LogP contribution is 2.28. The van der Waals surface area contributed by atoms with E-state index >= 15 is 0 Å². The van der Waals surface area contributed by atoms with Crippen LogP contribution in [0.5, 0.6) is 0 Å². The summed E-state index contributed by atoms with van der Waals surface area (Å²) in [6.07, 6.45) is 5.37. The second-order valence-electron chi connectivity index (χ2n) is 5.24. The molecule has 1 aromatic heterocycles. The summed E-state index contributed by atoms with van der Waals surface area (Å²) in [6.45, 7) is 3.67. The molecule has 19 heavy (non-hydrogen) atoms. The Hall–Kier alpha value is -1.58. The van der Waals surface area contributed by atoms with Crippen LogP contribution in [0.25, 0.3) is 0 Å². The van der Waals surface area contributed by atoms with E-state index in [1.54, 1.807) is 0 Å². The van der Waals surface area contributed by atoms with Crippen molar-refractivity contribution in [3.05, 3.63) is 59.4 Å². The van der Waals surface area contributed by atoms with Crippen molar-refractivity contribution in [1.29, 1.82) is 0 Å². The lowest BCUT2D eigenvalue weighted by atomic mass is 9.97. The standard InChI is InChI=1S/C16H20N2O/c1-12(17)14-6-8-18(10-14)11-16-15-5-3-2-4-13(15)7-9-19-16/h2-6,8,10,12,16H,7,9,11,17H2,1H3. The van der Waals surface area contributed by atoms with Crippen LogP contribution in [0.2, 0.25) is 0 Å². The summed E-state index contributed by atoms with van der Waals surface area (Å²) in [6, 6.07) is 10.7. The molecule has 0 aliphatic carbocycles. The molecule has 0 saturated heterocycles. The van der Waals surface area contributed by atoms with E-state index in [0.29, 0.717) is 0 Å². The molecule has 2 unspecified atom stereocenters. The first-order chi connectivity index (χ1) is 9.24. The molecule has 0 bridgehead atoms. The molecule has 1 aliphatic rings. The molecular weight excluding hydrogens is 236 g/mol. The van der Waals surface area contributed by atoms with Gasteiger partial charge in [0.25, 0.3) is 0 Å². The lowest BCUT2D eigenvalue weighted by Crippen LogP contribution is -2.20. The topological polar surface area (TPSA) is 40.2 Å². The lowest BCUT2D eigenvalue weighted by molar-refractivity contribution is 0.0306. The smallest absolute Gasteiger partial charge is 0.101 e. The summed E-state index contributed by atoms with van der Waals surface area (Å²) in [4.78, 5) is 0. The molecule has 2 aromatic rings. The van der Waals surface area contributed by atoms with Gasteiger partial charge >= 0.3 is 0 Å². The van der Waals surface area contributed by atoms with Gasteiger partial charge < -0.3 is 15.0 Å². The molecule has 1 aromatic carbocycles. The average molecular weight is 256 g/mol. The minimum atomic E-state index is 0.0841. The Morgan fingerprint density at radius 1 is 1.37 bits per heavy atom. The Morgan fingerprint density at radius 3 is 3.00 bits per heavy atom. The van der Waals surface area contributed by atoms with Crippen molar-refractivity contribution in [2.24, 2.45) is 5.73 Å². The quantitative estimate of drug-likeness (QED) is 0.917. The highest BCUT2D eigenvalue weighted by atomic mass is 16.5. The molecule has 0 amide bonds. The highest BCUT2D eigenvalue weighted by Gasteiger charge is 2.20. The van der Waals surface area contributed by atoms with Crippen molar-refractivity contribution in [3.63, 3.8) is 0 Å². The fourth-order valence-electron chi connectivity index (χ4n) is 2.66. The van der Waals surface area contributed by atoms with E-state index < -0.39 is 0 Å². The largest absolute Gasteiger partial charge is 0.371 e. The number of nitrogens with zero attached hydrogens (tertiary/aromatic N) is 1. The average Bonchev–Trinajstić information content (AvgIpc) is 2.88. The Kier molecular flexibility index (Phi) is 3.40. The predicted octanol–water partition coefficient (Wildman–Crippen LogP) is 2.82. The van der Waals surface area contributed by atoms with Gasteiger partial charge in [-0.3, -0.25) is 0 Å². The van der Waals surface area contributed by atoms with Gasteiger partial charge in [0.1, 0.15) is 6.10 Å². The second-order valence-corrected chi connectivity index (χ2v) is 5.24. The van der Waals surface area contributed by atoms with Crippen molar-refractivity contribution >= 4 is 0 Å². The summed E-state index contributed by atoms with van der Waals surface area (Å²) in [7, 11) is 0. The van der Waals surface area contributed by atoms with E-state index in [-0.39, 0.29) is 12.1 Å². The predicted molar refractivity (Wildman–Crippen MR) is 75.9 cm³/mol. The minimum Gasteiger partial charge on any atom is -0.371 e. The van der Waals surface area contributed by atoms with Crippen molar-refractivity contribution in [2.75, 3.05) is 6.61 Å². The van der Waals surface area contributed by atoms with E-state index in [9.17, 15) is 0 Å². The Bertz CT molecular complexity index is 559. The van der Waals surface area contributed by atoms with Crippen molar-refractivity contribution in [2.45, 2.75) is 32.0 Å². The van der Waals surface area contributed by atoms with E-state index in [1.807, 2.05) is 6.92 Å². The maximum absolute atomic E-state index is 5.93. The van der Waals surface area contributed by atoms with Crippen LogP contribution < -0.4 is 5.73 Å². The van der Waals surface area contributed by atoms with Crippen LogP contribution >= 0.6 is 0 Å². The first kappa shape index (κ1) is 12.5. The van der Waals surface area contributed by atoms with E-state index in [4.69, 9.17) is 10.5 Å². The third kappa shape index (κ3) is 2.57. The SMILES string of the molecule is CC(N)c1ccn(CC2OCCc3ccccc32)c1. The van der Waals surface area contributed by atoms with Crippen molar-refractivity contribution in [1.82, 2.24) is 4.57 Å². The van der Waals surface area contributed by atoms with Crippen LogP contribution in [0.3, 0.4) is 0 Å². The normalized spacial score (nSPS) is 20.0. The van der Waals surface area contributed by atoms with Crippen LogP contribution in [0, 0.1) is 0 Å². The van der Waals surface area contributed by atoms with Gasteiger partial charge in [0.05, 0.1) is 13.2 Å². The second kappa shape index (κ2) is 5.19. The molecule has 3 heteroatoms. The van der Waals surface area contributed by atoms with Gasteiger partial charge in [0.2, 0.25) is 0 Å². The maximum atomic E-state index is 5.93. The molecule has 0 radical (unpaired) electrons. The number of nitrogens with two attached hydrogens (primary N) is 1. The monoisotopic (exact) mass is 256 g/mol. The summed E-state index contributed by atoms with van der Waals surface area (Å²) >= 11 is 0. The van der Waals surface area contributed by atoms with Gasteiger partial charge in [0, 0.05) is 18.4 Å². The fourth-order valence-corrected chi connectivity index (χ4v) is 2.66. The van der Waals surface area contributed by atoms with Crippen LogP contribution in [-0.4, -0.2) is 11.2 Å². The van der Waals surface area contributed by atoms with Gasteiger partial charge in [-0.05, 0) is 36.1 Å². The summed E-state index contributed by atoms with van der Waals surface area (Å²) in [5.41, 5.74) is 9.80. The van der Waals surface area contributed by atoms with Gasteiger partial charge in [-0.1, -0.05) is 24.3 Å². The summed E-state index contributed by atoms with van der Waals surface area (Å²) in [5.74, 6) is 0. The lowest BCUT2D eigenvalue weighted by Gasteiger charge is -2.26. The number of aromatic nitrogens is 1. The Morgan fingerprint density at radius 2 is 2.21 bits per heavy atom. The first-order valence-electron chi connectivity index (χ1n) is 6.84. The number of hydrogen-bond acceptors (Lipinski definition) is 2. The third-order valence-corrected chi connectivity index (χ3v) is 3.77. The maximum Gasteiger partial charge on any atom is 0.101 e. The number of hydrogen-bond donors (Lipinski definition) is 1. The van der Waals surface area contributed by atoms with Gasteiger partial charge in [0.15, 0.2) is 0 Å². The van der Waals surface area contributed by atoms with E-state index in [2.05, 4.69) is 47.3 Å². The van der Waals surface area contributed by atoms with Crippen LogP contribution in [0.1, 0.15) is 35.8 Å². The van der Waals surface area contributed by atoms with Gasteiger partial charge in [-0.15, -0.1) is 0 Å². The van der Waals surface area contributed by atoms with E-state index in [1.165, 1.54) is 16.7 Å². The number of rotatable bonds is 3. The van der Waals surface area contributed by atoms with Crippen LogP contribution in [-0.2, 0) is 17.7 Å². The van der Waals surface area contributed by atoms with Gasteiger partial charge in [-0.2, -0.15) is 0 Å². The molecule has 0 spiro atoms. The highest BCUT2D eigenvalue weighted by molar-refractivity contribution is 5.31. The molecular formula is C16H20N2O. The molecule has 1 aliphatic heterocycles. The van der Waals surface area contributed by atoms with Crippen molar-refractivity contribution in [3.8, 4) is 0 Å². The van der Waals surface area contributed by atoms with Crippen LogP contribution in [0.4, 0.5) is 0 Å². The third-order valence-electron chi connectivity index (χ3n) is 3.77. The van der Waals surface area contributed by atoms with E-state index in [0.717, 1.165) is 19.6 Å². The zero-order valence-electron chi connectivity index (χ0n) is 11.3. The molecule has 3 rings (SSSR count). The molecule has 2 atom stereocenters. The van der Waals surface area contributed by atoms with Gasteiger partial charge in [-0.25, -0.2) is 0 Å². The summed E-state index contributed by atoms with van der Waals surface area (Å²) in [5, 5.41) is 0. The number of ether oxygens (including phenoxy) is 1. The molecule has 2 heterocycles. The Labute approximate surface area is 114 Å². The Balaban J connectivity index is 1.80. The molecule has 0 fully saturated rings. The molecule has 0 saturated carbocycles. The van der Waals surface area contributed by atoms with Crippen LogP contribution in [0.15, 0.2) is 42.7 Å². The number of fused-ring (bicyclic) bond motifs is 1. The fraction of sp³-hybridized carbons (Fsp3) is 0.375.